The Hall–Kier alpha value is -0.640. The number of hydrogen-bond acceptors (Lipinski definition) is 2. The molecule has 0 radical (unpaired) electrons. The van der Waals surface area contributed by atoms with Gasteiger partial charge in [-0.05, 0) is 37.1 Å². The van der Waals surface area contributed by atoms with Crippen LogP contribution < -0.4 is 5.32 Å². The fraction of sp³-hybridized carbons (Fsp3) is 0.571. The first-order valence-corrected chi connectivity index (χ1v) is 6.80. The van der Waals surface area contributed by atoms with Crippen LogP contribution in [0.3, 0.4) is 0 Å². The molecule has 0 saturated carbocycles. The summed E-state index contributed by atoms with van der Waals surface area (Å²) < 4.78 is 13.0. The minimum Gasteiger partial charge on any atom is -0.389 e. The average molecular weight is 272 g/mol. The molecule has 0 aliphatic carbocycles. The summed E-state index contributed by atoms with van der Waals surface area (Å²) in [4.78, 5) is 0. The molecule has 0 spiro atoms. The van der Waals surface area contributed by atoms with Crippen LogP contribution in [0, 0.1) is 11.7 Å². The van der Waals surface area contributed by atoms with Gasteiger partial charge in [-0.3, -0.25) is 0 Å². The first-order chi connectivity index (χ1) is 8.55. The molecule has 2 atom stereocenters. The highest BCUT2D eigenvalue weighted by Crippen LogP contribution is 2.32. The number of rotatable bonds is 3. The van der Waals surface area contributed by atoms with E-state index in [1.54, 1.807) is 6.07 Å². The third-order valence-electron chi connectivity index (χ3n) is 3.89. The van der Waals surface area contributed by atoms with Crippen LogP contribution in [-0.4, -0.2) is 23.8 Å². The topological polar surface area (TPSA) is 32.3 Å². The quantitative estimate of drug-likeness (QED) is 0.886. The van der Waals surface area contributed by atoms with E-state index in [1.165, 1.54) is 12.1 Å². The Morgan fingerprint density at radius 1 is 1.56 bits per heavy atom. The fourth-order valence-electron chi connectivity index (χ4n) is 2.73. The molecule has 1 aromatic rings. The number of piperidine rings is 1. The molecule has 1 aliphatic rings. The Morgan fingerprint density at radius 2 is 2.33 bits per heavy atom. The van der Waals surface area contributed by atoms with Gasteiger partial charge in [-0.25, -0.2) is 4.39 Å². The predicted octanol–water partition coefficient (Wildman–Crippen LogP) is 2.77. The molecule has 2 N–H and O–H groups in total. The van der Waals surface area contributed by atoms with Crippen molar-refractivity contribution >= 4 is 11.6 Å². The van der Waals surface area contributed by atoms with Gasteiger partial charge in [-0.15, -0.1) is 0 Å². The lowest BCUT2D eigenvalue weighted by molar-refractivity contribution is -0.0414. The van der Waals surface area contributed by atoms with Crippen LogP contribution in [0.4, 0.5) is 4.39 Å². The molecule has 0 aromatic heterocycles. The summed E-state index contributed by atoms with van der Waals surface area (Å²) in [5, 5.41) is 14.5. The molecule has 2 nitrogen and oxygen atoms in total. The van der Waals surface area contributed by atoms with Gasteiger partial charge >= 0.3 is 0 Å². The zero-order valence-corrected chi connectivity index (χ0v) is 11.3. The highest BCUT2D eigenvalue weighted by atomic mass is 35.5. The van der Waals surface area contributed by atoms with Gasteiger partial charge in [0.25, 0.3) is 0 Å². The van der Waals surface area contributed by atoms with Crippen molar-refractivity contribution < 1.29 is 9.50 Å². The lowest BCUT2D eigenvalue weighted by Crippen LogP contribution is -2.51. The second-order valence-corrected chi connectivity index (χ2v) is 5.48. The smallest absolute Gasteiger partial charge is 0.124 e. The van der Waals surface area contributed by atoms with E-state index in [4.69, 9.17) is 11.6 Å². The number of halogens is 2. The largest absolute Gasteiger partial charge is 0.389 e. The van der Waals surface area contributed by atoms with E-state index >= 15 is 0 Å². The average Bonchev–Trinajstić information content (AvgIpc) is 2.33. The van der Waals surface area contributed by atoms with E-state index in [2.05, 4.69) is 12.2 Å². The van der Waals surface area contributed by atoms with Crippen molar-refractivity contribution in [2.24, 2.45) is 5.92 Å². The molecule has 0 bridgehead atoms. The maximum Gasteiger partial charge on any atom is 0.124 e. The van der Waals surface area contributed by atoms with Crippen molar-refractivity contribution in [2.45, 2.75) is 31.8 Å². The van der Waals surface area contributed by atoms with Gasteiger partial charge in [0, 0.05) is 23.9 Å². The predicted molar refractivity (Wildman–Crippen MR) is 71.3 cm³/mol. The van der Waals surface area contributed by atoms with Crippen molar-refractivity contribution in [3.63, 3.8) is 0 Å². The third kappa shape index (κ3) is 2.85. The van der Waals surface area contributed by atoms with Crippen LogP contribution in [0.1, 0.15) is 25.3 Å². The standard InChI is InChI=1S/C14H19ClFNO/c1-2-11-9-17-6-5-14(11,18)8-10-3-4-12(16)7-13(10)15/h3-4,7,11,17-18H,2,5-6,8-9H2,1H3. The maximum atomic E-state index is 13.0. The van der Waals surface area contributed by atoms with Crippen molar-refractivity contribution in [1.82, 2.24) is 5.32 Å². The number of aliphatic hydroxyl groups is 1. The number of hydrogen-bond donors (Lipinski definition) is 2. The van der Waals surface area contributed by atoms with Gasteiger partial charge < -0.3 is 10.4 Å². The molecule has 18 heavy (non-hydrogen) atoms. The number of nitrogens with one attached hydrogen (secondary N) is 1. The molecule has 1 heterocycles. The minimum atomic E-state index is -0.735. The van der Waals surface area contributed by atoms with Crippen LogP contribution >= 0.6 is 11.6 Å². The summed E-state index contributed by atoms with van der Waals surface area (Å²) in [5.41, 5.74) is 0.0856. The van der Waals surface area contributed by atoms with Crippen LogP contribution in [-0.2, 0) is 6.42 Å². The Balaban J connectivity index is 2.20. The molecular formula is C14H19ClFNO. The van der Waals surface area contributed by atoms with Crippen molar-refractivity contribution in [3.8, 4) is 0 Å². The molecule has 100 valence electrons. The fourth-order valence-corrected chi connectivity index (χ4v) is 2.96. The number of benzene rings is 1. The van der Waals surface area contributed by atoms with Gasteiger partial charge in [0.15, 0.2) is 0 Å². The zero-order valence-electron chi connectivity index (χ0n) is 10.5. The van der Waals surface area contributed by atoms with Crippen LogP contribution in [0.15, 0.2) is 18.2 Å². The van der Waals surface area contributed by atoms with Gasteiger partial charge in [0.2, 0.25) is 0 Å². The monoisotopic (exact) mass is 271 g/mol. The Labute approximate surface area is 112 Å². The lowest BCUT2D eigenvalue weighted by atomic mass is 9.76. The Morgan fingerprint density at radius 3 is 3.00 bits per heavy atom. The van der Waals surface area contributed by atoms with Gasteiger partial charge in [0.05, 0.1) is 5.60 Å². The lowest BCUT2D eigenvalue weighted by Gasteiger charge is -2.40. The molecule has 0 amide bonds. The summed E-state index contributed by atoms with van der Waals surface area (Å²) in [7, 11) is 0. The highest BCUT2D eigenvalue weighted by molar-refractivity contribution is 6.31. The van der Waals surface area contributed by atoms with Crippen LogP contribution in [0.25, 0.3) is 0 Å². The molecular weight excluding hydrogens is 253 g/mol. The molecule has 1 aliphatic heterocycles. The van der Waals surface area contributed by atoms with Gasteiger partial charge in [-0.1, -0.05) is 24.6 Å². The van der Waals surface area contributed by atoms with Gasteiger partial charge in [-0.2, -0.15) is 0 Å². The second kappa shape index (κ2) is 5.55. The molecule has 2 rings (SSSR count). The summed E-state index contributed by atoms with van der Waals surface area (Å²) in [6.07, 6.45) is 2.12. The SMILES string of the molecule is CCC1CNCCC1(O)Cc1ccc(F)cc1Cl. The summed E-state index contributed by atoms with van der Waals surface area (Å²) in [5.74, 6) is -0.125. The Kier molecular flexibility index (Phi) is 4.25. The maximum absolute atomic E-state index is 13.0. The Bertz CT molecular complexity index is 426. The van der Waals surface area contributed by atoms with E-state index in [1.807, 2.05) is 0 Å². The van der Waals surface area contributed by atoms with E-state index < -0.39 is 5.60 Å². The second-order valence-electron chi connectivity index (χ2n) is 5.08. The minimum absolute atomic E-state index is 0.215. The summed E-state index contributed by atoms with van der Waals surface area (Å²) in [6.45, 7) is 3.71. The molecule has 4 heteroatoms. The van der Waals surface area contributed by atoms with E-state index in [9.17, 15) is 9.50 Å². The van der Waals surface area contributed by atoms with Crippen molar-refractivity contribution in [1.29, 1.82) is 0 Å². The zero-order chi connectivity index (χ0) is 13.2. The summed E-state index contributed by atoms with van der Waals surface area (Å²) >= 11 is 6.03. The van der Waals surface area contributed by atoms with Crippen LogP contribution in [0.2, 0.25) is 5.02 Å². The summed E-state index contributed by atoms with van der Waals surface area (Å²) in [6, 6.07) is 4.37. The van der Waals surface area contributed by atoms with Crippen LogP contribution in [0.5, 0.6) is 0 Å². The van der Waals surface area contributed by atoms with E-state index in [0.29, 0.717) is 17.9 Å². The molecule has 1 aromatic carbocycles. The first kappa shape index (κ1) is 13.8. The highest BCUT2D eigenvalue weighted by Gasteiger charge is 2.38. The van der Waals surface area contributed by atoms with Gasteiger partial charge in [0.1, 0.15) is 5.82 Å². The van der Waals surface area contributed by atoms with Crippen molar-refractivity contribution in [2.75, 3.05) is 13.1 Å². The molecule has 2 unspecified atom stereocenters. The van der Waals surface area contributed by atoms with E-state index in [-0.39, 0.29) is 11.7 Å². The van der Waals surface area contributed by atoms with Crippen molar-refractivity contribution in [3.05, 3.63) is 34.6 Å². The molecule has 1 saturated heterocycles. The molecule has 1 fully saturated rings. The normalized spacial score (nSPS) is 28.3. The third-order valence-corrected chi connectivity index (χ3v) is 4.24. The van der Waals surface area contributed by atoms with E-state index in [0.717, 1.165) is 25.1 Å². The first-order valence-electron chi connectivity index (χ1n) is 6.42.